The second-order valence-corrected chi connectivity index (χ2v) is 5.60. The van der Waals surface area contributed by atoms with Crippen LogP contribution in [0.1, 0.15) is 24.6 Å². The van der Waals surface area contributed by atoms with E-state index in [0.717, 1.165) is 24.5 Å². The van der Waals surface area contributed by atoms with E-state index in [4.69, 9.17) is 0 Å². The van der Waals surface area contributed by atoms with E-state index in [-0.39, 0.29) is 5.82 Å². The Hall–Kier alpha value is -1.69. The molecule has 1 fully saturated rings. The third-order valence-corrected chi connectivity index (χ3v) is 3.82. The van der Waals surface area contributed by atoms with Crippen molar-refractivity contribution in [1.82, 2.24) is 9.97 Å². The third-order valence-electron chi connectivity index (χ3n) is 3.16. The van der Waals surface area contributed by atoms with E-state index < -0.39 is 0 Å². The maximum atomic E-state index is 13.8. The van der Waals surface area contributed by atoms with E-state index in [1.165, 1.54) is 6.07 Å². The molecule has 0 bridgehead atoms. The molecule has 0 aliphatic heterocycles. The lowest BCUT2D eigenvalue weighted by Gasteiger charge is -2.11. The van der Waals surface area contributed by atoms with Gasteiger partial charge in [-0.15, -0.1) is 0 Å². The average molecular weight is 337 g/mol. The first-order chi connectivity index (χ1) is 9.67. The molecule has 1 aromatic carbocycles. The zero-order valence-corrected chi connectivity index (χ0v) is 12.5. The van der Waals surface area contributed by atoms with Gasteiger partial charge in [-0.1, -0.05) is 6.07 Å². The molecule has 1 aromatic heterocycles. The van der Waals surface area contributed by atoms with Crippen LogP contribution in [0.4, 0.5) is 21.7 Å². The molecule has 20 heavy (non-hydrogen) atoms. The monoisotopic (exact) mass is 336 g/mol. The summed E-state index contributed by atoms with van der Waals surface area (Å²) >= 11 is 3.34. The van der Waals surface area contributed by atoms with Gasteiger partial charge in [-0.25, -0.2) is 14.4 Å². The first kappa shape index (κ1) is 13.3. The van der Waals surface area contributed by atoms with Gasteiger partial charge in [-0.2, -0.15) is 0 Å². The Morgan fingerprint density at radius 2 is 2.00 bits per heavy atom. The zero-order chi connectivity index (χ0) is 14.1. The smallest absolute Gasteiger partial charge is 0.147 e. The molecule has 0 amide bonds. The predicted octanol–water partition coefficient (Wildman–Crippen LogP) is 4.04. The molecule has 4 nitrogen and oxygen atoms in total. The van der Waals surface area contributed by atoms with Crippen LogP contribution >= 0.6 is 15.9 Å². The van der Waals surface area contributed by atoms with Crippen LogP contribution in [0, 0.1) is 5.82 Å². The number of nitrogens with one attached hydrogen (secondary N) is 2. The fourth-order valence-electron chi connectivity index (χ4n) is 1.93. The summed E-state index contributed by atoms with van der Waals surface area (Å²) in [5.74, 6) is 2.26. The molecule has 1 aliphatic carbocycles. The van der Waals surface area contributed by atoms with Gasteiger partial charge >= 0.3 is 0 Å². The van der Waals surface area contributed by atoms with Crippen molar-refractivity contribution in [1.29, 1.82) is 0 Å². The number of nitrogens with zero attached hydrogens (tertiary/aromatic N) is 2. The van der Waals surface area contributed by atoms with Gasteiger partial charge in [0, 0.05) is 23.5 Å². The molecule has 2 aromatic rings. The van der Waals surface area contributed by atoms with Gasteiger partial charge < -0.3 is 10.6 Å². The topological polar surface area (TPSA) is 49.8 Å². The van der Waals surface area contributed by atoms with Crippen molar-refractivity contribution in [3.63, 3.8) is 0 Å². The van der Waals surface area contributed by atoms with Gasteiger partial charge in [-0.05, 0) is 40.9 Å². The second-order valence-electron chi connectivity index (χ2n) is 4.74. The SMILES string of the molecule is CNc1cc(Nc2c(F)cccc2Br)nc(C2CC2)n1. The normalized spacial score (nSPS) is 14.2. The van der Waals surface area contributed by atoms with Gasteiger partial charge in [0.05, 0.1) is 5.69 Å². The summed E-state index contributed by atoms with van der Waals surface area (Å²) in [6.45, 7) is 0. The van der Waals surface area contributed by atoms with Gasteiger partial charge in [0.1, 0.15) is 23.3 Å². The molecule has 2 N–H and O–H groups in total. The quantitative estimate of drug-likeness (QED) is 0.884. The number of para-hydroxylation sites is 1. The molecular weight excluding hydrogens is 323 g/mol. The lowest BCUT2D eigenvalue weighted by molar-refractivity contribution is 0.631. The predicted molar refractivity (Wildman–Crippen MR) is 80.9 cm³/mol. The van der Waals surface area contributed by atoms with Crippen molar-refractivity contribution in [2.45, 2.75) is 18.8 Å². The fraction of sp³-hybridized carbons (Fsp3) is 0.286. The highest BCUT2D eigenvalue weighted by atomic mass is 79.9. The molecule has 0 saturated heterocycles. The first-order valence-electron chi connectivity index (χ1n) is 6.45. The Labute approximate surface area is 125 Å². The Kier molecular flexibility index (Phi) is 3.56. The molecule has 6 heteroatoms. The maximum Gasteiger partial charge on any atom is 0.147 e. The third kappa shape index (κ3) is 2.75. The van der Waals surface area contributed by atoms with Gasteiger partial charge in [0.15, 0.2) is 0 Å². The van der Waals surface area contributed by atoms with Crippen LogP contribution in [0.3, 0.4) is 0 Å². The molecule has 1 heterocycles. The van der Waals surface area contributed by atoms with Crippen LogP contribution in [0.5, 0.6) is 0 Å². The number of hydrogen-bond acceptors (Lipinski definition) is 4. The lowest BCUT2D eigenvalue weighted by atomic mass is 10.3. The van der Waals surface area contributed by atoms with E-state index >= 15 is 0 Å². The van der Waals surface area contributed by atoms with E-state index in [1.54, 1.807) is 18.2 Å². The van der Waals surface area contributed by atoms with Crippen LogP contribution < -0.4 is 10.6 Å². The summed E-state index contributed by atoms with van der Waals surface area (Å²) in [6.07, 6.45) is 2.24. The number of aromatic nitrogens is 2. The van der Waals surface area contributed by atoms with Crippen molar-refractivity contribution in [3.8, 4) is 0 Å². The molecule has 0 atom stereocenters. The molecular formula is C14H14BrFN4. The number of rotatable bonds is 4. The van der Waals surface area contributed by atoms with Crippen LogP contribution in [0.2, 0.25) is 0 Å². The van der Waals surface area contributed by atoms with Crippen molar-refractivity contribution >= 4 is 33.3 Å². The fourth-order valence-corrected chi connectivity index (χ4v) is 2.37. The zero-order valence-electron chi connectivity index (χ0n) is 11.0. The number of benzene rings is 1. The minimum absolute atomic E-state index is 0.322. The van der Waals surface area contributed by atoms with E-state index in [0.29, 0.717) is 21.9 Å². The molecule has 104 valence electrons. The Morgan fingerprint density at radius 3 is 2.65 bits per heavy atom. The van der Waals surface area contributed by atoms with Crippen molar-refractivity contribution in [3.05, 3.63) is 40.4 Å². The van der Waals surface area contributed by atoms with Crippen LogP contribution in [0.25, 0.3) is 0 Å². The van der Waals surface area contributed by atoms with Crippen LogP contribution in [0.15, 0.2) is 28.7 Å². The summed E-state index contributed by atoms with van der Waals surface area (Å²) in [5.41, 5.74) is 0.384. The Balaban J connectivity index is 1.95. The average Bonchev–Trinajstić information content (AvgIpc) is 3.27. The molecule has 3 rings (SSSR count). The number of halogens is 2. The standard InChI is InChI=1S/C14H14BrFN4/c1-17-11-7-12(20-14(19-11)8-5-6-8)18-13-9(15)3-2-4-10(13)16/h2-4,7-8H,5-6H2,1H3,(H2,17,18,19,20). The van der Waals surface area contributed by atoms with E-state index in [9.17, 15) is 4.39 Å². The van der Waals surface area contributed by atoms with Crippen molar-refractivity contribution in [2.24, 2.45) is 0 Å². The van der Waals surface area contributed by atoms with Gasteiger partial charge in [0.25, 0.3) is 0 Å². The highest BCUT2D eigenvalue weighted by Crippen LogP contribution is 2.39. The molecule has 0 unspecified atom stereocenters. The lowest BCUT2D eigenvalue weighted by Crippen LogP contribution is -2.04. The second kappa shape index (κ2) is 5.36. The largest absolute Gasteiger partial charge is 0.373 e. The van der Waals surface area contributed by atoms with E-state index in [1.807, 2.05) is 7.05 Å². The highest BCUT2D eigenvalue weighted by Gasteiger charge is 2.27. The number of anilines is 3. The summed E-state index contributed by atoms with van der Waals surface area (Å²) in [4.78, 5) is 8.90. The highest BCUT2D eigenvalue weighted by molar-refractivity contribution is 9.10. The van der Waals surface area contributed by atoms with Gasteiger partial charge in [-0.3, -0.25) is 0 Å². The molecule has 1 aliphatic rings. The minimum Gasteiger partial charge on any atom is -0.373 e. The molecule has 0 spiro atoms. The molecule has 1 saturated carbocycles. The van der Waals surface area contributed by atoms with Crippen LogP contribution in [-0.2, 0) is 0 Å². The summed E-state index contributed by atoms with van der Waals surface area (Å²) < 4.78 is 14.5. The van der Waals surface area contributed by atoms with Crippen molar-refractivity contribution < 1.29 is 4.39 Å². The summed E-state index contributed by atoms with van der Waals surface area (Å²) in [6, 6.07) is 6.62. The number of hydrogen-bond donors (Lipinski definition) is 2. The summed E-state index contributed by atoms with van der Waals surface area (Å²) in [5, 5.41) is 6.03. The first-order valence-corrected chi connectivity index (χ1v) is 7.24. The minimum atomic E-state index is -0.322. The Morgan fingerprint density at radius 1 is 1.25 bits per heavy atom. The van der Waals surface area contributed by atoms with Crippen LogP contribution in [-0.4, -0.2) is 17.0 Å². The molecule has 0 radical (unpaired) electrons. The maximum absolute atomic E-state index is 13.8. The van der Waals surface area contributed by atoms with Crippen molar-refractivity contribution in [2.75, 3.05) is 17.7 Å². The van der Waals surface area contributed by atoms with Gasteiger partial charge in [0.2, 0.25) is 0 Å². The summed E-state index contributed by atoms with van der Waals surface area (Å²) in [7, 11) is 1.81. The van der Waals surface area contributed by atoms with E-state index in [2.05, 4.69) is 36.5 Å². The Bertz CT molecular complexity index is 623.